The van der Waals surface area contributed by atoms with Crippen molar-refractivity contribution in [3.8, 4) is 17.0 Å². The van der Waals surface area contributed by atoms with Gasteiger partial charge in [-0.15, -0.1) is 13.2 Å². The topological polar surface area (TPSA) is 63.0 Å². The van der Waals surface area contributed by atoms with Crippen LogP contribution in [-0.4, -0.2) is 35.9 Å². The molecule has 5 aliphatic rings. The molecule has 0 radical (unpaired) electrons. The number of ether oxygens (including phenoxy) is 2. The highest BCUT2D eigenvalue weighted by Gasteiger charge is 2.66. The minimum absolute atomic E-state index is 0.0934. The Morgan fingerprint density at radius 1 is 0.891 bits per heavy atom. The van der Waals surface area contributed by atoms with E-state index in [9.17, 15) is 13.2 Å². The number of para-hydroxylation sites is 1. The number of alkyl halides is 3. The van der Waals surface area contributed by atoms with E-state index in [2.05, 4.69) is 61.9 Å². The molecule has 2 heterocycles. The van der Waals surface area contributed by atoms with Crippen molar-refractivity contribution in [2.45, 2.75) is 114 Å². The van der Waals surface area contributed by atoms with Crippen molar-refractivity contribution in [1.82, 2.24) is 5.16 Å². The second-order valence-corrected chi connectivity index (χ2v) is 15.3. The van der Waals surface area contributed by atoms with Crippen LogP contribution in [0.3, 0.4) is 0 Å². The van der Waals surface area contributed by atoms with Crippen LogP contribution in [-0.2, 0) is 26.1 Å². The number of benzene rings is 2. The summed E-state index contributed by atoms with van der Waals surface area (Å²) >= 11 is 0. The molecule has 0 amide bonds. The van der Waals surface area contributed by atoms with Crippen LogP contribution in [0.4, 0.5) is 13.2 Å². The van der Waals surface area contributed by atoms with Crippen LogP contribution in [0.2, 0.25) is 0 Å². The summed E-state index contributed by atoms with van der Waals surface area (Å²) in [7, 11) is -0.354. The number of hydrogen-bond acceptors (Lipinski definition) is 6. The van der Waals surface area contributed by atoms with Gasteiger partial charge in [-0.25, -0.2) is 0 Å². The number of nitrogens with zero attached hydrogens (tertiary/aromatic N) is 1. The Kier molecular flexibility index (Phi) is 7.03. The fourth-order valence-electron chi connectivity index (χ4n) is 8.83. The van der Waals surface area contributed by atoms with Crippen molar-refractivity contribution in [3.63, 3.8) is 0 Å². The second kappa shape index (κ2) is 10.6. The molecule has 4 aliphatic carbocycles. The van der Waals surface area contributed by atoms with Crippen LogP contribution in [0.1, 0.15) is 95.4 Å². The first kappa shape index (κ1) is 30.5. The molecule has 6 nitrogen and oxygen atoms in total. The van der Waals surface area contributed by atoms with Gasteiger partial charge in [-0.05, 0) is 119 Å². The average molecular weight is 636 g/mol. The van der Waals surface area contributed by atoms with Gasteiger partial charge >= 0.3 is 13.5 Å². The largest absolute Gasteiger partial charge is 0.573 e. The molecule has 3 aromatic rings. The lowest BCUT2D eigenvalue weighted by Gasteiger charge is -2.68. The van der Waals surface area contributed by atoms with Gasteiger partial charge in [0.25, 0.3) is 0 Å². The van der Waals surface area contributed by atoms with Gasteiger partial charge in [0.2, 0.25) is 0 Å². The summed E-state index contributed by atoms with van der Waals surface area (Å²) in [6, 6.07) is 15.1. The van der Waals surface area contributed by atoms with Crippen molar-refractivity contribution < 1.29 is 36.5 Å². The van der Waals surface area contributed by atoms with Crippen LogP contribution in [0, 0.1) is 17.8 Å². The van der Waals surface area contributed by atoms with E-state index in [4.69, 9.17) is 18.6 Å². The molecule has 244 valence electrons. The molecule has 1 aliphatic heterocycles. The lowest BCUT2D eigenvalue weighted by molar-refractivity contribution is -0.274. The maximum atomic E-state index is 13.2. The molecule has 2 aromatic carbocycles. The molecule has 4 saturated carbocycles. The first-order chi connectivity index (χ1) is 21.8. The minimum Gasteiger partial charge on any atom is -0.405 e. The molecule has 1 saturated heterocycles. The summed E-state index contributed by atoms with van der Waals surface area (Å²) in [5.41, 5.74) is 3.40. The van der Waals surface area contributed by atoms with E-state index in [1.54, 1.807) is 12.1 Å². The summed E-state index contributed by atoms with van der Waals surface area (Å²) in [5, 5.41) is 4.25. The highest BCUT2D eigenvalue weighted by Crippen LogP contribution is 2.71. The van der Waals surface area contributed by atoms with Crippen LogP contribution in [0.15, 0.2) is 53.1 Å². The number of halogens is 3. The van der Waals surface area contributed by atoms with E-state index in [1.165, 1.54) is 24.1 Å². The van der Waals surface area contributed by atoms with Crippen molar-refractivity contribution >= 4 is 12.6 Å². The van der Waals surface area contributed by atoms with Gasteiger partial charge in [-0.1, -0.05) is 41.6 Å². The third-order valence-electron chi connectivity index (χ3n) is 11.9. The summed E-state index contributed by atoms with van der Waals surface area (Å²) in [5.74, 6) is 2.67. The summed E-state index contributed by atoms with van der Waals surface area (Å²) in [6.07, 6.45) is 2.76. The van der Waals surface area contributed by atoms with E-state index < -0.39 is 6.36 Å². The maximum absolute atomic E-state index is 13.2. The number of hydrogen-bond donors (Lipinski definition) is 0. The number of aromatic nitrogens is 1. The van der Waals surface area contributed by atoms with Gasteiger partial charge in [0.15, 0.2) is 0 Å². The molecular weight excluding hydrogens is 594 g/mol. The van der Waals surface area contributed by atoms with Crippen LogP contribution in [0.5, 0.6) is 5.75 Å². The van der Waals surface area contributed by atoms with E-state index in [1.807, 2.05) is 0 Å². The zero-order chi connectivity index (χ0) is 32.1. The van der Waals surface area contributed by atoms with Crippen LogP contribution in [0.25, 0.3) is 11.3 Å². The van der Waals surface area contributed by atoms with Crippen LogP contribution < -0.4 is 10.2 Å². The normalized spacial score (nSPS) is 31.1. The van der Waals surface area contributed by atoms with E-state index in [-0.39, 0.29) is 53.7 Å². The molecule has 0 bridgehead atoms. The Hall–Kier alpha value is -2.82. The predicted molar refractivity (Wildman–Crippen MR) is 167 cm³/mol. The molecule has 10 heteroatoms. The standard InChI is InChI=1S/C36H41BF3NO5/c1-33(2)34(3,4)46-37(45-33)25-14-12-24(13-15-25)35-18-22-11-16-26(17-23(19-35)30(22)35)42-20-28-31(41-44-32(28)21-9-10-21)27-7-5-6-8-29(27)43-36(38,39)40/h5-8,12-15,21-23,26,30H,9-11,16-20H2,1-4H3/t22-,23-,26+,30?,35?/m0/s1. The van der Waals surface area contributed by atoms with Crippen molar-refractivity contribution in [3.05, 3.63) is 65.4 Å². The fourth-order valence-corrected chi connectivity index (χ4v) is 8.83. The molecule has 5 atom stereocenters. The monoisotopic (exact) mass is 635 g/mol. The molecule has 46 heavy (non-hydrogen) atoms. The van der Waals surface area contributed by atoms with Gasteiger partial charge < -0.3 is 23.3 Å². The van der Waals surface area contributed by atoms with Crippen molar-refractivity contribution in [2.24, 2.45) is 17.8 Å². The SMILES string of the molecule is CC1(C)OB(c2ccc(C34C[C@@H]5CC[C@@H](OCc6c(-c7ccccc7OC(F)(F)F)noc6C6CC6)C[C@@H](C3)C54)cc2)OC1(C)C. The Morgan fingerprint density at radius 3 is 2.28 bits per heavy atom. The predicted octanol–water partition coefficient (Wildman–Crippen LogP) is 8.08. The van der Waals surface area contributed by atoms with Crippen molar-refractivity contribution in [2.75, 3.05) is 0 Å². The van der Waals surface area contributed by atoms with E-state index in [0.717, 1.165) is 55.3 Å². The Labute approximate surface area is 268 Å². The zero-order valence-corrected chi connectivity index (χ0v) is 26.9. The molecule has 2 unspecified atom stereocenters. The lowest BCUT2D eigenvalue weighted by atomic mass is 9.36. The van der Waals surface area contributed by atoms with Gasteiger partial charge in [0.05, 0.1) is 23.9 Å². The van der Waals surface area contributed by atoms with Gasteiger partial charge in [0.1, 0.15) is 17.2 Å². The van der Waals surface area contributed by atoms with Gasteiger partial charge in [-0.3, -0.25) is 0 Å². The van der Waals surface area contributed by atoms with Gasteiger partial charge in [-0.2, -0.15) is 0 Å². The first-order valence-electron chi connectivity index (χ1n) is 16.7. The molecule has 5 fully saturated rings. The molecular formula is C36H41BF3NO5. The third-order valence-corrected chi connectivity index (χ3v) is 11.9. The Morgan fingerprint density at radius 2 is 1.59 bits per heavy atom. The molecule has 0 spiro atoms. The van der Waals surface area contributed by atoms with E-state index >= 15 is 0 Å². The molecule has 0 N–H and O–H groups in total. The summed E-state index contributed by atoms with van der Waals surface area (Å²) in [4.78, 5) is 0. The highest BCUT2D eigenvalue weighted by atomic mass is 19.4. The summed E-state index contributed by atoms with van der Waals surface area (Å²) < 4.78 is 68.8. The lowest BCUT2D eigenvalue weighted by Crippen LogP contribution is -2.63. The van der Waals surface area contributed by atoms with Crippen molar-refractivity contribution in [1.29, 1.82) is 0 Å². The second-order valence-electron chi connectivity index (χ2n) is 15.3. The fraction of sp³-hybridized carbons (Fsp3) is 0.583. The molecule has 1 aromatic heterocycles. The van der Waals surface area contributed by atoms with Gasteiger partial charge in [0, 0.05) is 17.0 Å². The molecule has 8 rings (SSSR count). The third kappa shape index (κ3) is 5.10. The summed E-state index contributed by atoms with van der Waals surface area (Å²) in [6.45, 7) is 8.58. The number of rotatable bonds is 8. The van der Waals surface area contributed by atoms with Crippen LogP contribution >= 0.6 is 0 Å². The van der Waals surface area contributed by atoms with E-state index in [0.29, 0.717) is 23.4 Å². The Balaban J connectivity index is 0.950. The smallest absolute Gasteiger partial charge is 0.405 e. The first-order valence-corrected chi connectivity index (χ1v) is 16.7. The Bertz CT molecular complexity index is 1600. The quantitative estimate of drug-likeness (QED) is 0.233. The average Bonchev–Trinajstić information content (AvgIpc) is 3.69. The zero-order valence-electron chi connectivity index (χ0n) is 26.9. The highest BCUT2D eigenvalue weighted by molar-refractivity contribution is 6.62. The minimum atomic E-state index is -4.80. The maximum Gasteiger partial charge on any atom is 0.573 e.